The Morgan fingerprint density at radius 2 is 1.72 bits per heavy atom. The van der Waals surface area contributed by atoms with Crippen molar-refractivity contribution in [3.05, 3.63) is 66.7 Å². The van der Waals surface area contributed by atoms with Crippen molar-refractivity contribution in [2.24, 2.45) is 7.05 Å². The van der Waals surface area contributed by atoms with Crippen LogP contribution in [0.3, 0.4) is 0 Å². The third-order valence-electron chi connectivity index (χ3n) is 4.88. The van der Waals surface area contributed by atoms with E-state index in [9.17, 15) is 4.79 Å². The number of rotatable bonds is 4. The van der Waals surface area contributed by atoms with Crippen LogP contribution >= 0.6 is 11.8 Å². The Balaban J connectivity index is 1.35. The maximum absolute atomic E-state index is 12.5. The number of fused-ring (bicyclic) bond motifs is 4. The molecule has 6 nitrogen and oxygen atoms in total. The Hall–Kier alpha value is -3.45. The number of hydrogen-bond acceptors (Lipinski definition) is 5. The molecule has 0 bridgehead atoms. The van der Waals surface area contributed by atoms with E-state index in [4.69, 9.17) is 0 Å². The number of benzene rings is 3. The highest BCUT2D eigenvalue weighted by Gasteiger charge is 2.13. The van der Waals surface area contributed by atoms with Gasteiger partial charge in [0, 0.05) is 23.5 Å². The fraction of sp³-hybridized carbons (Fsp3) is 0.0909. The highest BCUT2D eigenvalue weighted by atomic mass is 32.2. The third-order valence-corrected chi connectivity index (χ3v) is 5.72. The van der Waals surface area contributed by atoms with E-state index in [1.54, 1.807) is 0 Å². The molecule has 0 fully saturated rings. The van der Waals surface area contributed by atoms with Crippen LogP contribution in [0.15, 0.2) is 71.9 Å². The SMILES string of the molecule is Cn1c2ccccc2c2nnc(SCC(=O)Nc3cccc4ccccc34)nc21. The van der Waals surface area contributed by atoms with Crippen molar-refractivity contribution in [3.63, 3.8) is 0 Å². The average Bonchev–Trinajstić information content (AvgIpc) is 3.05. The molecule has 0 saturated carbocycles. The molecule has 2 heterocycles. The molecule has 7 heteroatoms. The van der Waals surface area contributed by atoms with Crippen molar-refractivity contribution in [2.45, 2.75) is 5.16 Å². The summed E-state index contributed by atoms with van der Waals surface area (Å²) < 4.78 is 2.00. The van der Waals surface area contributed by atoms with Crippen LogP contribution in [0.5, 0.6) is 0 Å². The van der Waals surface area contributed by atoms with Crippen molar-refractivity contribution >= 4 is 56.2 Å². The first-order chi connectivity index (χ1) is 14.2. The summed E-state index contributed by atoms with van der Waals surface area (Å²) in [6, 6.07) is 21.8. The predicted octanol–water partition coefficient (Wildman–Crippen LogP) is 4.40. The Kier molecular flexibility index (Phi) is 4.37. The number of thioether (sulfide) groups is 1. The quantitative estimate of drug-likeness (QED) is 0.454. The van der Waals surface area contributed by atoms with E-state index in [1.165, 1.54) is 11.8 Å². The van der Waals surface area contributed by atoms with E-state index in [0.29, 0.717) is 5.16 Å². The highest BCUT2D eigenvalue weighted by Crippen LogP contribution is 2.26. The number of nitrogens with one attached hydrogen (secondary N) is 1. The number of amides is 1. The lowest BCUT2D eigenvalue weighted by Gasteiger charge is -2.08. The van der Waals surface area contributed by atoms with Gasteiger partial charge in [0.1, 0.15) is 5.52 Å². The van der Waals surface area contributed by atoms with E-state index >= 15 is 0 Å². The minimum atomic E-state index is -0.105. The molecule has 5 rings (SSSR count). The summed E-state index contributed by atoms with van der Waals surface area (Å²) in [5.41, 5.74) is 3.39. The predicted molar refractivity (Wildman–Crippen MR) is 117 cm³/mol. The summed E-state index contributed by atoms with van der Waals surface area (Å²) in [6.07, 6.45) is 0. The van der Waals surface area contributed by atoms with E-state index in [-0.39, 0.29) is 11.7 Å². The average molecular weight is 399 g/mol. The minimum Gasteiger partial charge on any atom is -0.327 e. The molecule has 0 saturated heterocycles. The molecule has 1 amide bonds. The van der Waals surface area contributed by atoms with Gasteiger partial charge in [-0.1, -0.05) is 66.4 Å². The molecule has 0 unspecified atom stereocenters. The van der Waals surface area contributed by atoms with Crippen LogP contribution in [-0.4, -0.2) is 31.4 Å². The van der Waals surface area contributed by atoms with Gasteiger partial charge in [-0.2, -0.15) is 0 Å². The lowest BCUT2D eigenvalue weighted by atomic mass is 10.1. The van der Waals surface area contributed by atoms with Crippen molar-refractivity contribution in [1.29, 1.82) is 0 Å². The first kappa shape index (κ1) is 17.6. The van der Waals surface area contributed by atoms with E-state index in [2.05, 4.69) is 20.5 Å². The molecule has 0 aliphatic heterocycles. The summed E-state index contributed by atoms with van der Waals surface area (Å²) in [4.78, 5) is 17.1. The number of aromatic nitrogens is 4. The number of para-hydroxylation sites is 1. The van der Waals surface area contributed by atoms with Crippen molar-refractivity contribution in [1.82, 2.24) is 19.7 Å². The zero-order valence-electron chi connectivity index (χ0n) is 15.7. The Morgan fingerprint density at radius 3 is 2.62 bits per heavy atom. The lowest BCUT2D eigenvalue weighted by Crippen LogP contribution is -2.14. The number of nitrogens with zero attached hydrogens (tertiary/aromatic N) is 4. The zero-order valence-corrected chi connectivity index (χ0v) is 16.5. The minimum absolute atomic E-state index is 0.105. The van der Waals surface area contributed by atoms with Gasteiger partial charge in [-0.25, -0.2) is 4.98 Å². The zero-order chi connectivity index (χ0) is 19.8. The number of carbonyl (C=O) groups is 1. The molecular formula is C22H17N5OS. The normalized spacial score (nSPS) is 11.3. The van der Waals surface area contributed by atoms with Crippen LogP contribution in [0, 0.1) is 0 Å². The van der Waals surface area contributed by atoms with Gasteiger partial charge in [-0.15, -0.1) is 10.2 Å². The second kappa shape index (κ2) is 7.18. The molecule has 1 N–H and O–H groups in total. The second-order valence-corrected chi connectivity index (χ2v) is 7.65. The first-order valence-electron chi connectivity index (χ1n) is 9.19. The molecule has 0 aliphatic rings. The molecule has 2 aromatic heterocycles. The summed E-state index contributed by atoms with van der Waals surface area (Å²) in [6.45, 7) is 0. The molecular weight excluding hydrogens is 382 g/mol. The van der Waals surface area contributed by atoms with Crippen LogP contribution in [0.1, 0.15) is 0 Å². The van der Waals surface area contributed by atoms with Crippen LogP contribution < -0.4 is 5.32 Å². The third kappa shape index (κ3) is 3.19. The van der Waals surface area contributed by atoms with Gasteiger partial charge >= 0.3 is 0 Å². The van der Waals surface area contributed by atoms with Crippen LogP contribution in [0.25, 0.3) is 32.8 Å². The summed E-state index contributed by atoms with van der Waals surface area (Å²) in [7, 11) is 1.96. The topological polar surface area (TPSA) is 72.7 Å². The van der Waals surface area contributed by atoms with Crippen molar-refractivity contribution < 1.29 is 4.79 Å². The molecule has 0 atom stereocenters. The smallest absolute Gasteiger partial charge is 0.234 e. The van der Waals surface area contributed by atoms with Gasteiger partial charge in [0.25, 0.3) is 0 Å². The van der Waals surface area contributed by atoms with Crippen LogP contribution in [0.4, 0.5) is 5.69 Å². The summed E-state index contributed by atoms with van der Waals surface area (Å²) in [5.74, 6) is 0.104. The number of carbonyl (C=O) groups excluding carboxylic acids is 1. The molecule has 0 aliphatic carbocycles. The van der Waals surface area contributed by atoms with Gasteiger partial charge < -0.3 is 9.88 Å². The fourth-order valence-electron chi connectivity index (χ4n) is 3.50. The molecule has 142 valence electrons. The maximum atomic E-state index is 12.5. The maximum Gasteiger partial charge on any atom is 0.234 e. The largest absolute Gasteiger partial charge is 0.327 e. The Bertz CT molecular complexity index is 1370. The van der Waals surface area contributed by atoms with Gasteiger partial charge in [0.2, 0.25) is 11.1 Å². The van der Waals surface area contributed by atoms with Gasteiger partial charge in [-0.3, -0.25) is 4.79 Å². The van der Waals surface area contributed by atoms with E-state index in [0.717, 1.165) is 38.5 Å². The van der Waals surface area contributed by atoms with Gasteiger partial charge in [0.15, 0.2) is 5.65 Å². The van der Waals surface area contributed by atoms with Gasteiger partial charge in [0.05, 0.1) is 11.3 Å². The molecule has 0 spiro atoms. The number of anilines is 1. The van der Waals surface area contributed by atoms with Crippen LogP contribution in [-0.2, 0) is 11.8 Å². The monoisotopic (exact) mass is 399 g/mol. The standard InChI is InChI=1S/C22H17N5OS/c1-27-18-12-5-4-10-16(18)20-21(27)24-22(26-25-20)29-13-19(28)23-17-11-6-8-14-7-2-3-9-15(14)17/h2-12H,13H2,1H3,(H,23,28). The van der Waals surface area contributed by atoms with Crippen molar-refractivity contribution in [2.75, 3.05) is 11.1 Å². The van der Waals surface area contributed by atoms with Crippen LogP contribution in [0.2, 0.25) is 0 Å². The molecule has 3 aromatic carbocycles. The summed E-state index contributed by atoms with van der Waals surface area (Å²) in [5, 5.41) is 15.2. The number of hydrogen-bond donors (Lipinski definition) is 1. The Morgan fingerprint density at radius 1 is 0.966 bits per heavy atom. The highest BCUT2D eigenvalue weighted by molar-refractivity contribution is 7.99. The van der Waals surface area contributed by atoms with Crippen molar-refractivity contribution in [3.8, 4) is 0 Å². The second-order valence-electron chi connectivity index (χ2n) is 6.71. The summed E-state index contributed by atoms with van der Waals surface area (Å²) >= 11 is 1.28. The fourth-order valence-corrected chi connectivity index (χ4v) is 4.09. The lowest BCUT2D eigenvalue weighted by molar-refractivity contribution is -0.113. The van der Waals surface area contributed by atoms with Gasteiger partial charge in [-0.05, 0) is 17.5 Å². The molecule has 0 radical (unpaired) electrons. The first-order valence-corrected chi connectivity index (χ1v) is 10.2. The van der Waals surface area contributed by atoms with E-state index in [1.807, 2.05) is 78.3 Å². The van der Waals surface area contributed by atoms with E-state index < -0.39 is 0 Å². The Labute approximate surface area is 171 Å². The molecule has 5 aromatic rings. The molecule has 29 heavy (non-hydrogen) atoms. The number of aryl methyl sites for hydroxylation is 1.